The summed E-state index contributed by atoms with van der Waals surface area (Å²) in [6.45, 7) is 0. The fraction of sp³-hybridized carbons (Fsp3) is 0.667. The maximum Gasteiger partial charge on any atom is 0.251 e. The van der Waals surface area contributed by atoms with Gasteiger partial charge in [-0.25, -0.2) is 0 Å². The minimum absolute atomic E-state index is 0.0722. The molecule has 5 rings (SSSR count). The van der Waals surface area contributed by atoms with Crippen LogP contribution >= 0.6 is 11.6 Å². The molecule has 0 spiro atoms. The van der Waals surface area contributed by atoms with E-state index in [1.807, 2.05) is 12.1 Å². The van der Waals surface area contributed by atoms with Crippen molar-refractivity contribution < 1.29 is 4.79 Å². The lowest BCUT2D eigenvalue weighted by molar-refractivity contribution is -0.0580. The van der Waals surface area contributed by atoms with Crippen LogP contribution in [0.3, 0.4) is 0 Å². The van der Waals surface area contributed by atoms with Crippen molar-refractivity contribution in [1.82, 2.24) is 5.32 Å². The molecular weight excluding hydrogens is 318 g/mol. The molecule has 0 heterocycles. The molecule has 130 valence electrons. The van der Waals surface area contributed by atoms with Gasteiger partial charge in [-0.1, -0.05) is 17.7 Å². The summed E-state index contributed by atoms with van der Waals surface area (Å²) in [5.74, 6) is 3.03. The van der Waals surface area contributed by atoms with Crippen LogP contribution in [0.5, 0.6) is 0 Å². The Morgan fingerprint density at radius 1 is 1.17 bits per heavy atom. The number of carbonyl (C=O) groups is 1. The number of benzene rings is 1. The minimum Gasteiger partial charge on any atom is -0.355 e. The molecule has 4 saturated carbocycles. The highest BCUT2D eigenvalue weighted by Crippen LogP contribution is 2.61. The molecule has 0 aliphatic heterocycles. The summed E-state index contributed by atoms with van der Waals surface area (Å²) in [6.07, 6.45) is 12.7. The van der Waals surface area contributed by atoms with Crippen molar-refractivity contribution >= 4 is 17.5 Å². The molecule has 4 bridgehead atoms. The molecular formula is C21H28ClNO. The lowest BCUT2D eigenvalue weighted by Gasteiger charge is -2.57. The molecule has 2 nitrogen and oxygen atoms in total. The van der Waals surface area contributed by atoms with Gasteiger partial charge >= 0.3 is 0 Å². The summed E-state index contributed by atoms with van der Waals surface area (Å²) in [6, 6.07) is 5.73. The normalized spacial score (nSPS) is 33.7. The highest BCUT2D eigenvalue weighted by molar-refractivity contribution is 6.31. The van der Waals surface area contributed by atoms with E-state index in [0.29, 0.717) is 11.0 Å². The Hall–Kier alpha value is -1.02. The van der Waals surface area contributed by atoms with Gasteiger partial charge in [-0.3, -0.25) is 4.79 Å². The number of carbonyl (C=O) groups excluding carboxylic acids is 1. The van der Waals surface area contributed by atoms with Crippen LogP contribution in [0.1, 0.15) is 67.3 Å². The van der Waals surface area contributed by atoms with E-state index in [4.69, 9.17) is 11.6 Å². The monoisotopic (exact) mass is 345 g/mol. The number of rotatable bonds is 5. The van der Waals surface area contributed by atoms with Gasteiger partial charge in [0, 0.05) is 17.6 Å². The molecule has 1 aromatic rings. The largest absolute Gasteiger partial charge is 0.355 e. The van der Waals surface area contributed by atoms with E-state index in [-0.39, 0.29) is 5.91 Å². The molecule has 3 heteroatoms. The van der Waals surface area contributed by atoms with E-state index in [9.17, 15) is 4.79 Å². The molecule has 1 N–H and O–H groups in total. The Balaban J connectivity index is 1.37. The fourth-order valence-corrected chi connectivity index (χ4v) is 6.56. The molecule has 4 fully saturated rings. The second-order valence-electron chi connectivity index (χ2n) is 8.66. The van der Waals surface area contributed by atoms with Crippen LogP contribution in [0.25, 0.3) is 0 Å². The quantitative estimate of drug-likeness (QED) is 0.776. The van der Waals surface area contributed by atoms with Crippen molar-refractivity contribution in [2.24, 2.45) is 23.2 Å². The second-order valence-corrected chi connectivity index (χ2v) is 9.06. The summed E-state index contributed by atoms with van der Waals surface area (Å²) in [5, 5.41) is 3.39. The van der Waals surface area contributed by atoms with Crippen LogP contribution < -0.4 is 5.32 Å². The Morgan fingerprint density at radius 2 is 1.79 bits per heavy atom. The Morgan fingerprint density at radius 3 is 2.33 bits per heavy atom. The average molecular weight is 346 g/mol. The number of amides is 1. The van der Waals surface area contributed by atoms with Crippen molar-refractivity contribution in [3.63, 3.8) is 0 Å². The van der Waals surface area contributed by atoms with E-state index in [1.165, 1.54) is 56.9 Å². The van der Waals surface area contributed by atoms with Crippen molar-refractivity contribution in [2.75, 3.05) is 7.05 Å². The van der Waals surface area contributed by atoms with Gasteiger partial charge in [0.2, 0.25) is 0 Å². The van der Waals surface area contributed by atoms with Crippen molar-refractivity contribution in [3.05, 3.63) is 34.3 Å². The number of hydrogen-bond donors (Lipinski definition) is 1. The van der Waals surface area contributed by atoms with Crippen molar-refractivity contribution in [3.8, 4) is 0 Å². The second kappa shape index (κ2) is 6.37. The summed E-state index contributed by atoms with van der Waals surface area (Å²) in [7, 11) is 1.65. The number of aryl methyl sites for hydroxylation is 1. The van der Waals surface area contributed by atoms with E-state index >= 15 is 0 Å². The third kappa shape index (κ3) is 3.10. The van der Waals surface area contributed by atoms with Crippen LogP contribution in [0.15, 0.2) is 18.2 Å². The van der Waals surface area contributed by atoms with Crippen LogP contribution in [-0.2, 0) is 6.42 Å². The Bertz CT molecular complexity index is 603. The third-order valence-corrected chi connectivity index (χ3v) is 7.21. The predicted molar refractivity (Wildman–Crippen MR) is 98.4 cm³/mol. The van der Waals surface area contributed by atoms with Crippen molar-refractivity contribution in [2.45, 2.75) is 57.8 Å². The first-order valence-electron chi connectivity index (χ1n) is 9.57. The molecule has 4 aliphatic carbocycles. The van der Waals surface area contributed by atoms with Gasteiger partial charge in [0.25, 0.3) is 5.91 Å². The molecule has 0 saturated heterocycles. The summed E-state index contributed by atoms with van der Waals surface area (Å²) in [4.78, 5) is 11.7. The Labute approximate surface area is 150 Å². The van der Waals surface area contributed by atoms with E-state index < -0.39 is 0 Å². The maximum atomic E-state index is 11.7. The fourth-order valence-electron chi connectivity index (χ4n) is 6.29. The zero-order chi connectivity index (χ0) is 16.7. The minimum atomic E-state index is -0.0722. The molecule has 1 amide bonds. The first kappa shape index (κ1) is 16.4. The van der Waals surface area contributed by atoms with E-state index in [1.54, 1.807) is 13.1 Å². The van der Waals surface area contributed by atoms with Gasteiger partial charge in [0.1, 0.15) is 0 Å². The lowest BCUT2D eigenvalue weighted by atomic mass is 9.48. The standard InChI is InChI=1S/C21H28ClNO/c1-23-20(24)18-5-4-17(19(22)10-18)3-2-6-21-11-14-7-15(12-21)9-16(8-14)13-21/h4-5,10,14-16H,2-3,6-9,11-13H2,1H3,(H,23,24). The molecule has 0 aromatic heterocycles. The molecule has 0 radical (unpaired) electrons. The molecule has 4 aliphatic rings. The summed E-state index contributed by atoms with van der Waals surface area (Å²) in [5.41, 5.74) is 2.49. The molecule has 0 atom stereocenters. The SMILES string of the molecule is CNC(=O)c1ccc(CCCC23CC4CC(CC(C4)C2)C3)c(Cl)c1. The van der Waals surface area contributed by atoms with E-state index in [2.05, 4.69) is 5.32 Å². The third-order valence-electron chi connectivity index (χ3n) is 6.86. The van der Waals surface area contributed by atoms with Gasteiger partial charge in [0.15, 0.2) is 0 Å². The van der Waals surface area contributed by atoms with Crippen molar-refractivity contribution in [1.29, 1.82) is 0 Å². The van der Waals surface area contributed by atoms with Crippen LogP contribution in [0.2, 0.25) is 5.02 Å². The highest BCUT2D eigenvalue weighted by Gasteiger charge is 2.50. The summed E-state index contributed by atoms with van der Waals surface area (Å²) < 4.78 is 0. The van der Waals surface area contributed by atoms with Gasteiger partial charge in [0.05, 0.1) is 0 Å². The Kier molecular flexibility index (Phi) is 4.36. The van der Waals surface area contributed by atoms with Crippen LogP contribution in [0, 0.1) is 23.2 Å². The summed E-state index contributed by atoms with van der Waals surface area (Å²) >= 11 is 6.41. The number of halogens is 1. The molecule has 24 heavy (non-hydrogen) atoms. The number of hydrogen-bond acceptors (Lipinski definition) is 1. The first-order valence-corrected chi connectivity index (χ1v) is 9.95. The smallest absolute Gasteiger partial charge is 0.251 e. The lowest BCUT2D eigenvalue weighted by Crippen LogP contribution is -2.45. The zero-order valence-corrected chi connectivity index (χ0v) is 15.4. The average Bonchev–Trinajstić information content (AvgIpc) is 2.54. The van der Waals surface area contributed by atoms with Gasteiger partial charge in [-0.2, -0.15) is 0 Å². The molecule has 1 aromatic carbocycles. The molecule has 0 unspecified atom stereocenters. The maximum absolute atomic E-state index is 11.7. The topological polar surface area (TPSA) is 29.1 Å². The van der Waals surface area contributed by atoms with E-state index in [0.717, 1.165) is 29.2 Å². The van der Waals surface area contributed by atoms with Crippen LogP contribution in [-0.4, -0.2) is 13.0 Å². The zero-order valence-electron chi connectivity index (χ0n) is 14.6. The first-order chi connectivity index (χ1) is 11.6. The highest BCUT2D eigenvalue weighted by atomic mass is 35.5. The number of nitrogens with one attached hydrogen (secondary N) is 1. The van der Waals surface area contributed by atoms with Gasteiger partial charge < -0.3 is 5.32 Å². The predicted octanol–water partition coefficient (Wildman–Crippen LogP) is 5.24. The van der Waals surface area contributed by atoms with Crippen LogP contribution in [0.4, 0.5) is 0 Å². The van der Waals surface area contributed by atoms with Gasteiger partial charge in [-0.15, -0.1) is 0 Å². The van der Waals surface area contributed by atoms with Gasteiger partial charge in [-0.05, 0) is 98.7 Å².